The molecule has 0 spiro atoms. The third-order valence-corrected chi connectivity index (χ3v) is 6.24. The highest BCUT2D eigenvalue weighted by Gasteiger charge is 2.19. The molecule has 28 heavy (non-hydrogen) atoms. The van der Waals surface area contributed by atoms with Crippen molar-refractivity contribution in [2.45, 2.75) is 45.8 Å². The van der Waals surface area contributed by atoms with E-state index >= 15 is 0 Å². The number of hydrogen-bond acceptors (Lipinski definition) is 4. The third kappa shape index (κ3) is 4.99. The Bertz CT molecular complexity index is 724. The predicted molar refractivity (Wildman–Crippen MR) is 116 cm³/mol. The van der Waals surface area contributed by atoms with Crippen molar-refractivity contribution in [1.29, 1.82) is 0 Å². The molecule has 1 aromatic carbocycles. The average molecular weight is 379 g/mol. The maximum atomic E-state index is 4.75. The van der Waals surface area contributed by atoms with Crippen molar-refractivity contribution in [2.24, 2.45) is 0 Å². The number of pyridine rings is 1. The maximum Gasteiger partial charge on any atom is 0.0544 e. The summed E-state index contributed by atoms with van der Waals surface area (Å²) in [5.41, 5.74) is 5.05. The molecule has 4 rings (SSSR count). The number of aromatic nitrogens is 1. The zero-order valence-corrected chi connectivity index (χ0v) is 17.5. The Balaban J connectivity index is 1.31. The van der Waals surface area contributed by atoms with E-state index in [2.05, 4.69) is 64.9 Å². The number of likely N-dealkylation sites (tertiary alicyclic amines) is 1. The van der Waals surface area contributed by atoms with Crippen molar-refractivity contribution in [3.63, 3.8) is 0 Å². The normalized spacial score (nSPS) is 19.5. The molecule has 0 atom stereocenters. The molecule has 0 amide bonds. The van der Waals surface area contributed by atoms with Gasteiger partial charge in [0, 0.05) is 57.1 Å². The molecule has 2 aromatic rings. The Morgan fingerprint density at radius 2 is 1.39 bits per heavy atom. The van der Waals surface area contributed by atoms with Gasteiger partial charge in [-0.25, -0.2) is 0 Å². The summed E-state index contributed by atoms with van der Waals surface area (Å²) in [5.74, 6) is 0. The molecule has 0 radical (unpaired) electrons. The van der Waals surface area contributed by atoms with Crippen LogP contribution in [0, 0.1) is 0 Å². The van der Waals surface area contributed by atoms with Crippen LogP contribution in [0.2, 0.25) is 0 Å². The van der Waals surface area contributed by atoms with Crippen LogP contribution in [0.4, 0.5) is 0 Å². The molecule has 0 unspecified atom stereocenters. The highest BCUT2D eigenvalue weighted by molar-refractivity contribution is 5.62. The van der Waals surface area contributed by atoms with E-state index in [1.807, 2.05) is 6.20 Å². The van der Waals surface area contributed by atoms with E-state index in [9.17, 15) is 0 Å². The standard InChI is InChI=1S/C24H34N4/c1-20(2)28-15-13-27(14-16-28)19-24-10-9-23(17-25-24)22-7-5-21(6-8-22)18-26-11-3-4-12-26/h5-10,17,20H,3-4,11-16,18-19H2,1-2H3. The van der Waals surface area contributed by atoms with Crippen molar-refractivity contribution in [3.8, 4) is 11.1 Å². The molecule has 0 bridgehead atoms. The third-order valence-electron chi connectivity index (χ3n) is 6.24. The largest absolute Gasteiger partial charge is 0.299 e. The predicted octanol–water partition coefficient (Wildman–Crippen LogP) is 3.87. The monoisotopic (exact) mass is 378 g/mol. The Morgan fingerprint density at radius 1 is 0.750 bits per heavy atom. The minimum Gasteiger partial charge on any atom is -0.299 e. The second kappa shape index (κ2) is 9.17. The molecule has 0 aliphatic carbocycles. The summed E-state index contributed by atoms with van der Waals surface area (Å²) in [6, 6.07) is 14.1. The average Bonchev–Trinajstić information content (AvgIpc) is 3.23. The van der Waals surface area contributed by atoms with Crippen molar-refractivity contribution >= 4 is 0 Å². The Labute approximate surface area is 170 Å². The summed E-state index contributed by atoms with van der Waals surface area (Å²) < 4.78 is 0. The first-order valence-electron chi connectivity index (χ1n) is 10.9. The minimum atomic E-state index is 0.654. The summed E-state index contributed by atoms with van der Waals surface area (Å²) in [7, 11) is 0. The summed E-state index contributed by atoms with van der Waals surface area (Å²) >= 11 is 0. The van der Waals surface area contributed by atoms with Gasteiger partial charge in [-0.3, -0.25) is 19.7 Å². The molecule has 4 nitrogen and oxygen atoms in total. The second-order valence-corrected chi connectivity index (χ2v) is 8.62. The first-order chi connectivity index (χ1) is 13.7. The lowest BCUT2D eigenvalue weighted by molar-refractivity contribution is 0.103. The first-order valence-corrected chi connectivity index (χ1v) is 10.9. The van der Waals surface area contributed by atoms with Crippen molar-refractivity contribution in [1.82, 2.24) is 19.7 Å². The van der Waals surface area contributed by atoms with Crippen LogP contribution in [0.3, 0.4) is 0 Å². The van der Waals surface area contributed by atoms with Crippen LogP contribution in [-0.2, 0) is 13.1 Å². The fraction of sp³-hybridized carbons (Fsp3) is 0.542. The highest BCUT2D eigenvalue weighted by atomic mass is 15.3. The highest BCUT2D eigenvalue weighted by Crippen LogP contribution is 2.21. The van der Waals surface area contributed by atoms with E-state index in [1.54, 1.807) is 0 Å². The Kier molecular flexibility index (Phi) is 6.40. The molecule has 2 aliphatic rings. The zero-order chi connectivity index (χ0) is 19.3. The summed E-state index contributed by atoms with van der Waals surface area (Å²) in [4.78, 5) is 12.4. The Morgan fingerprint density at radius 3 is 2.00 bits per heavy atom. The van der Waals surface area contributed by atoms with Gasteiger partial charge in [0.15, 0.2) is 0 Å². The van der Waals surface area contributed by atoms with Gasteiger partial charge in [0.05, 0.1) is 5.69 Å². The number of benzene rings is 1. The van der Waals surface area contributed by atoms with Gasteiger partial charge in [0.1, 0.15) is 0 Å². The zero-order valence-electron chi connectivity index (χ0n) is 17.5. The molecule has 3 heterocycles. The molecular weight excluding hydrogens is 344 g/mol. The number of nitrogens with zero attached hydrogens (tertiary/aromatic N) is 4. The van der Waals surface area contributed by atoms with Gasteiger partial charge in [0.2, 0.25) is 0 Å². The minimum absolute atomic E-state index is 0.654. The van der Waals surface area contributed by atoms with E-state index in [-0.39, 0.29) is 0 Å². The van der Waals surface area contributed by atoms with Crippen LogP contribution >= 0.6 is 0 Å². The summed E-state index contributed by atoms with van der Waals surface area (Å²) in [6.07, 6.45) is 4.74. The lowest BCUT2D eigenvalue weighted by Gasteiger charge is -2.36. The van der Waals surface area contributed by atoms with Crippen LogP contribution in [0.5, 0.6) is 0 Å². The summed E-state index contributed by atoms with van der Waals surface area (Å²) in [5, 5.41) is 0. The van der Waals surface area contributed by atoms with Crippen molar-refractivity contribution in [3.05, 3.63) is 53.9 Å². The van der Waals surface area contributed by atoms with Gasteiger partial charge >= 0.3 is 0 Å². The van der Waals surface area contributed by atoms with E-state index in [4.69, 9.17) is 4.98 Å². The summed E-state index contributed by atoms with van der Waals surface area (Å²) in [6.45, 7) is 13.7. The molecule has 1 aromatic heterocycles. The molecule has 0 saturated carbocycles. The first kappa shape index (κ1) is 19.6. The van der Waals surface area contributed by atoms with Crippen LogP contribution in [-0.4, -0.2) is 65.0 Å². The van der Waals surface area contributed by atoms with Crippen LogP contribution < -0.4 is 0 Å². The maximum absolute atomic E-state index is 4.75. The van der Waals surface area contributed by atoms with E-state index in [0.29, 0.717) is 6.04 Å². The van der Waals surface area contributed by atoms with Crippen molar-refractivity contribution in [2.75, 3.05) is 39.3 Å². The molecule has 2 aliphatic heterocycles. The molecular formula is C24H34N4. The van der Waals surface area contributed by atoms with Crippen LogP contribution in [0.1, 0.15) is 37.9 Å². The lowest BCUT2D eigenvalue weighted by Crippen LogP contribution is -2.48. The SMILES string of the molecule is CC(C)N1CCN(Cc2ccc(-c3ccc(CN4CCCC4)cc3)cn2)CC1. The lowest BCUT2D eigenvalue weighted by atomic mass is 10.0. The van der Waals surface area contributed by atoms with Crippen LogP contribution in [0.25, 0.3) is 11.1 Å². The molecule has 2 saturated heterocycles. The number of hydrogen-bond donors (Lipinski definition) is 0. The Hall–Kier alpha value is -1.75. The van der Waals surface area contributed by atoms with Crippen LogP contribution in [0.15, 0.2) is 42.6 Å². The van der Waals surface area contributed by atoms with Gasteiger partial charge in [-0.15, -0.1) is 0 Å². The van der Waals surface area contributed by atoms with Gasteiger partial charge < -0.3 is 0 Å². The van der Waals surface area contributed by atoms with Crippen molar-refractivity contribution < 1.29 is 0 Å². The molecule has 150 valence electrons. The molecule has 0 N–H and O–H groups in total. The fourth-order valence-electron chi connectivity index (χ4n) is 4.36. The quantitative estimate of drug-likeness (QED) is 0.761. The smallest absolute Gasteiger partial charge is 0.0544 e. The van der Waals surface area contributed by atoms with E-state index in [0.717, 1.165) is 26.2 Å². The van der Waals surface area contributed by atoms with Gasteiger partial charge in [-0.2, -0.15) is 0 Å². The fourth-order valence-corrected chi connectivity index (χ4v) is 4.36. The number of rotatable bonds is 6. The number of piperazine rings is 1. The van der Waals surface area contributed by atoms with Gasteiger partial charge in [-0.05, 0) is 57.0 Å². The second-order valence-electron chi connectivity index (χ2n) is 8.62. The van der Waals surface area contributed by atoms with E-state index in [1.165, 1.54) is 61.4 Å². The van der Waals surface area contributed by atoms with Gasteiger partial charge in [-0.1, -0.05) is 30.3 Å². The van der Waals surface area contributed by atoms with Gasteiger partial charge in [0.25, 0.3) is 0 Å². The van der Waals surface area contributed by atoms with E-state index < -0.39 is 0 Å². The topological polar surface area (TPSA) is 22.6 Å². The molecule has 4 heteroatoms. The molecule has 2 fully saturated rings.